The van der Waals surface area contributed by atoms with Gasteiger partial charge in [-0.1, -0.05) is 18.2 Å². The number of nitrogens with one attached hydrogen (secondary N) is 2. The summed E-state index contributed by atoms with van der Waals surface area (Å²) in [5.74, 6) is -1.94. The van der Waals surface area contributed by atoms with Crippen LogP contribution in [0.25, 0.3) is 21.9 Å². The van der Waals surface area contributed by atoms with E-state index in [1.807, 2.05) is 0 Å². The average Bonchev–Trinajstić information content (AvgIpc) is 2.70. The van der Waals surface area contributed by atoms with Gasteiger partial charge in [0, 0.05) is 16.8 Å². The van der Waals surface area contributed by atoms with Gasteiger partial charge < -0.3 is 13.9 Å². The maximum Gasteiger partial charge on any atom is 0.349 e. The van der Waals surface area contributed by atoms with E-state index in [-0.39, 0.29) is 22.5 Å². The number of benzene rings is 2. The molecule has 4 rings (SSSR count). The molecule has 2 heterocycles. The third-order valence-corrected chi connectivity index (χ3v) is 4.14. The van der Waals surface area contributed by atoms with Crippen LogP contribution in [-0.2, 0) is 0 Å². The first-order valence-electron chi connectivity index (χ1n) is 8.33. The van der Waals surface area contributed by atoms with Crippen LogP contribution in [-0.4, -0.2) is 16.9 Å². The molecular formula is C20H12N2O7. The van der Waals surface area contributed by atoms with Crippen LogP contribution in [0.5, 0.6) is 5.75 Å². The second-order valence-electron chi connectivity index (χ2n) is 6.06. The van der Waals surface area contributed by atoms with Crippen LogP contribution < -0.4 is 22.1 Å². The van der Waals surface area contributed by atoms with Gasteiger partial charge in [-0.2, -0.15) is 0 Å². The highest BCUT2D eigenvalue weighted by molar-refractivity contribution is 6.01. The molecule has 2 amide bonds. The van der Waals surface area contributed by atoms with Gasteiger partial charge in [0.05, 0.1) is 0 Å². The second-order valence-corrected chi connectivity index (χ2v) is 6.06. The molecule has 2 aromatic heterocycles. The van der Waals surface area contributed by atoms with Crippen molar-refractivity contribution in [3.8, 4) is 5.75 Å². The predicted octanol–water partition coefficient (Wildman–Crippen LogP) is 1.68. The molecule has 0 aliphatic carbocycles. The molecule has 9 heteroatoms. The van der Waals surface area contributed by atoms with Crippen LogP contribution >= 0.6 is 0 Å². The van der Waals surface area contributed by atoms with Gasteiger partial charge in [-0.05, 0) is 30.3 Å². The van der Waals surface area contributed by atoms with E-state index in [1.165, 1.54) is 30.3 Å². The van der Waals surface area contributed by atoms with Crippen molar-refractivity contribution in [3.05, 3.63) is 86.6 Å². The summed E-state index contributed by atoms with van der Waals surface area (Å²) in [6, 6.07) is 13.3. The molecule has 9 nitrogen and oxygen atoms in total. The molecule has 0 spiro atoms. The summed E-state index contributed by atoms with van der Waals surface area (Å²) in [7, 11) is 0. The molecule has 0 radical (unpaired) electrons. The number of fused-ring (bicyclic) bond motifs is 2. The molecule has 0 fully saturated rings. The van der Waals surface area contributed by atoms with E-state index < -0.39 is 23.1 Å². The Labute approximate surface area is 161 Å². The van der Waals surface area contributed by atoms with Gasteiger partial charge in [0.15, 0.2) is 0 Å². The smallest absolute Gasteiger partial charge is 0.349 e. The van der Waals surface area contributed by atoms with Gasteiger partial charge in [-0.25, -0.2) is 9.59 Å². The highest BCUT2D eigenvalue weighted by atomic mass is 16.4. The summed E-state index contributed by atoms with van der Waals surface area (Å²) in [6.07, 6.45) is 0. The topological polar surface area (TPSA) is 139 Å². The first-order chi connectivity index (χ1) is 13.9. The molecule has 29 heavy (non-hydrogen) atoms. The summed E-state index contributed by atoms with van der Waals surface area (Å²) in [5, 5.41) is 10.3. The summed E-state index contributed by atoms with van der Waals surface area (Å²) in [5.41, 5.74) is 2.03. The summed E-state index contributed by atoms with van der Waals surface area (Å²) < 4.78 is 10.1. The van der Waals surface area contributed by atoms with Crippen LogP contribution in [0.1, 0.15) is 20.7 Å². The highest BCUT2D eigenvalue weighted by Crippen LogP contribution is 2.19. The van der Waals surface area contributed by atoms with Gasteiger partial charge in [0.25, 0.3) is 11.8 Å². The van der Waals surface area contributed by atoms with Crippen LogP contribution in [0.4, 0.5) is 0 Å². The largest absolute Gasteiger partial charge is 0.508 e. The van der Waals surface area contributed by atoms with Crippen LogP contribution in [0, 0.1) is 0 Å². The summed E-state index contributed by atoms with van der Waals surface area (Å²) in [6.45, 7) is 0. The van der Waals surface area contributed by atoms with Crippen molar-refractivity contribution in [2.45, 2.75) is 0 Å². The molecule has 0 unspecified atom stereocenters. The molecule has 0 bridgehead atoms. The van der Waals surface area contributed by atoms with Crippen molar-refractivity contribution in [2.24, 2.45) is 0 Å². The maximum atomic E-state index is 12.3. The second kappa shape index (κ2) is 6.97. The van der Waals surface area contributed by atoms with Gasteiger partial charge in [0.2, 0.25) is 0 Å². The fourth-order valence-corrected chi connectivity index (χ4v) is 2.73. The standard InChI is InChI=1S/C20H12N2O7/c23-12-6-5-11-8-14(20(27)29-16(11)9-12)18(25)22-21-17(24)13-7-10-3-1-2-4-15(10)28-19(13)26/h1-9,23H,(H,21,24)(H,22,25). The monoisotopic (exact) mass is 392 g/mol. The SMILES string of the molecule is O=C(NNC(=O)c1cc2ccc(O)cc2oc1=O)c1cc2ccccc2oc1=O. The number of rotatable bonds is 2. The number of para-hydroxylation sites is 1. The Hall–Kier alpha value is -4.40. The van der Waals surface area contributed by atoms with Gasteiger partial charge in [-0.15, -0.1) is 0 Å². The fourth-order valence-electron chi connectivity index (χ4n) is 2.73. The Morgan fingerprint density at radius 2 is 1.28 bits per heavy atom. The molecular weight excluding hydrogens is 380 g/mol. The number of phenolic OH excluding ortho intramolecular Hbond substituents is 1. The van der Waals surface area contributed by atoms with E-state index >= 15 is 0 Å². The lowest BCUT2D eigenvalue weighted by Crippen LogP contribution is -2.44. The van der Waals surface area contributed by atoms with Gasteiger partial charge >= 0.3 is 11.3 Å². The van der Waals surface area contributed by atoms with Crippen molar-refractivity contribution >= 4 is 33.8 Å². The first kappa shape index (κ1) is 18.0. The number of aromatic hydroxyl groups is 1. The maximum absolute atomic E-state index is 12.3. The number of hydrogen-bond donors (Lipinski definition) is 3. The lowest BCUT2D eigenvalue weighted by molar-refractivity contribution is 0.0842. The van der Waals surface area contributed by atoms with E-state index in [4.69, 9.17) is 8.83 Å². The zero-order chi connectivity index (χ0) is 20.5. The minimum atomic E-state index is -0.958. The minimum Gasteiger partial charge on any atom is -0.508 e. The fraction of sp³-hybridized carbons (Fsp3) is 0. The number of phenols is 1. The Morgan fingerprint density at radius 3 is 1.93 bits per heavy atom. The van der Waals surface area contributed by atoms with Gasteiger partial charge in [-0.3, -0.25) is 20.4 Å². The molecule has 0 atom stereocenters. The molecule has 2 aromatic carbocycles. The number of amides is 2. The van der Waals surface area contributed by atoms with Crippen molar-refractivity contribution in [1.82, 2.24) is 10.9 Å². The Balaban J connectivity index is 1.56. The van der Waals surface area contributed by atoms with Gasteiger partial charge in [0.1, 0.15) is 28.0 Å². The molecule has 3 N–H and O–H groups in total. The normalized spacial score (nSPS) is 10.8. The third-order valence-electron chi connectivity index (χ3n) is 4.14. The lowest BCUT2D eigenvalue weighted by atomic mass is 10.1. The van der Waals surface area contributed by atoms with Crippen LogP contribution in [0.15, 0.2) is 73.0 Å². The number of hydrazine groups is 1. The van der Waals surface area contributed by atoms with E-state index in [0.717, 1.165) is 0 Å². The van der Waals surface area contributed by atoms with Crippen LogP contribution in [0.3, 0.4) is 0 Å². The molecule has 0 aliphatic heterocycles. The Morgan fingerprint density at radius 1 is 0.724 bits per heavy atom. The van der Waals surface area contributed by atoms with E-state index in [2.05, 4.69) is 10.9 Å². The Kier molecular flexibility index (Phi) is 4.32. The minimum absolute atomic E-state index is 0.0978. The summed E-state index contributed by atoms with van der Waals surface area (Å²) >= 11 is 0. The van der Waals surface area contributed by atoms with Crippen molar-refractivity contribution in [1.29, 1.82) is 0 Å². The number of carbonyl (C=O) groups is 2. The average molecular weight is 392 g/mol. The van der Waals surface area contributed by atoms with Crippen LogP contribution in [0.2, 0.25) is 0 Å². The highest BCUT2D eigenvalue weighted by Gasteiger charge is 2.17. The quantitative estimate of drug-likeness (QED) is 0.348. The van der Waals surface area contributed by atoms with E-state index in [1.54, 1.807) is 24.3 Å². The molecule has 144 valence electrons. The zero-order valence-corrected chi connectivity index (χ0v) is 14.6. The number of hydrogen-bond acceptors (Lipinski definition) is 7. The van der Waals surface area contributed by atoms with Crippen molar-refractivity contribution in [2.75, 3.05) is 0 Å². The number of carbonyl (C=O) groups excluding carboxylic acids is 2. The molecule has 0 saturated carbocycles. The van der Waals surface area contributed by atoms with E-state index in [9.17, 15) is 24.3 Å². The van der Waals surface area contributed by atoms with E-state index in [0.29, 0.717) is 16.4 Å². The lowest BCUT2D eigenvalue weighted by Gasteiger charge is -2.07. The molecule has 0 aliphatic rings. The molecule has 0 saturated heterocycles. The third kappa shape index (κ3) is 3.44. The predicted molar refractivity (Wildman–Crippen MR) is 102 cm³/mol. The summed E-state index contributed by atoms with van der Waals surface area (Å²) in [4.78, 5) is 48.5. The van der Waals surface area contributed by atoms with Crippen molar-refractivity contribution < 1.29 is 23.5 Å². The first-order valence-corrected chi connectivity index (χ1v) is 8.33. The molecule has 4 aromatic rings. The van der Waals surface area contributed by atoms with Crippen molar-refractivity contribution in [3.63, 3.8) is 0 Å². The Bertz CT molecular complexity index is 1400. The zero-order valence-electron chi connectivity index (χ0n) is 14.6.